The summed E-state index contributed by atoms with van der Waals surface area (Å²) in [5.41, 5.74) is 1.49. The lowest BCUT2D eigenvalue weighted by atomic mass is 10.0. The Balaban J connectivity index is 1.77. The highest BCUT2D eigenvalue weighted by Gasteiger charge is 2.30. The van der Waals surface area contributed by atoms with Crippen LogP contribution in [0.25, 0.3) is 0 Å². The monoisotopic (exact) mass is 422 g/mol. The summed E-state index contributed by atoms with van der Waals surface area (Å²) in [4.78, 5) is 19.7. The van der Waals surface area contributed by atoms with Gasteiger partial charge in [0.2, 0.25) is 0 Å². The summed E-state index contributed by atoms with van der Waals surface area (Å²) in [5.74, 6) is -0.0985. The Labute approximate surface area is 170 Å². The molecule has 0 aliphatic carbocycles. The van der Waals surface area contributed by atoms with Gasteiger partial charge in [-0.05, 0) is 55.2 Å². The molecule has 0 bridgehead atoms. The Morgan fingerprint density at radius 3 is 2.54 bits per heavy atom. The number of hydroxylamine groups is 1. The fourth-order valence-electron chi connectivity index (χ4n) is 3.41. The predicted molar refractivity (Wildman–Crippen MR) is 108 cm³/mol. The fourth-order valence-corrected chi connectivity index (χ4v) is 4.60. The van der Waals surface area contributed by atoms with Crippen LogP contribution in [0.3, 0.4) is 0 Å². The number of hydrogen-bond acceptors (Lipinski definition) is 4. The number of likely N-dealkylation sites (tertiary alicyclic amines) is 1. The first-order valence-electron chi connectivity index (χ1n) is 9.02. The minimum atomic E-state index is -3.74. The van der Waals surface area contributed by atoms with Crippen LogP contribution in [0, 0.1) is 0 Å². The first-order valence-corrected chi connectivity index (χ1v) is 10.8. The maximum atomic E-state index is 13.0. The second-order valence-electron chi connectivity index (χ2n) is 6.71. The zero-order valence-corrected chi connectivity index (χ0v) is 17.4. The van der Waals surface area contributed by atoms with Gasteiger partial charge in [0, 0.05) is 30.2 Å². The molecular formula is C20H23ClN2O4S. The Hall–Kier alpha value is -1.93. The molecule has 2 aromatic carbocycles. The smallest absolute Gasteiger partial charge is 0.264 e. The summed E-state index contributed by atoms with van der Waals surface area (Å²) in [6, 6.07) is 13.7. The molecule has 0 radical (unpaired) electrons. The van der Waals surface area contributed by atoms with Crippen molar-refractivity contribution in [2.45, 2.75) is 30.2 Å². The van der Waals surface area contributed by atoms with Gasteiger partial charge in [-0.3, -0.25) is 9.63 Å². The zero-order chi connectivity index (χ0) is 20.3. The van der Waals surface area contributed by atoms with Gasteiger partial charge in [0.1, 0.15) is 0 Å². The number of carbonyl (C=O) groups is 1. The molecule has 28 heavy (non-hydrogen) atoms. The fraction of sp³-hybridized carbons (Fsp3) is 0.350. The standard InChI is InChI=1S/C20H23ClN2O4S/c1-22(27-2)28(25,26)18-11-9-15(10-12-18)20(24)23-13-5-7-17(23)14-16-6-3-4-8-19(16)21/h3-4,6,8-12,17H,5,7,13-14H2,1-2H3. The van der Waals surface area contributed by atoms with Crippen molar-refractivity contribution in [3.05, 3.63) is 64.7 Å². The first-order chi connectivity index (χ1) is 13.3. The van der Waals surface area contributed by atoms with Gasteiger partial charge in [-0.15, -0.1) is 0 Å². The Morgan fingerprint density at radius 1 is 1.21 bits per heavy atom. The molecule has 3 rings (SSSR count). The van der Waals surface area contributed by atoms with E-state index in [9.17, 15) is 13.2 Å². The highest BCUT2D eigenvalue weighted by atomic mass is 35.5. The SMILES string of the molecule is CON(C)S(=O)(=O)c1ccc(C(=O)N2CCCC2Cc2ccccc2Cl)cc1. The van der Waals surface area contributed by atoms with E-state index in [0.717, 1.165) is 22.9 Å². The van der Waals surface area contributed by atoms with Crippen LogP contribution in [-0.4, -0.2) is 50.4 Å². The lowest BCUT2D eigenvalue weighted by Gasteiger charge is -2.25. The van der Waals surface area contributed by atoms with E-state index in [1.54, 1.807) is 12.1 Å². The van der Waals surface area contributed by atoms with Crippen LogP contribution < -0.4 is 0 Å². The molecular weight excluding hydrogens is 400 g/mol. The molecule has 0 aromatic heterocycles. The second kappa shape index (κ2) is 8.61. The summed E-state index contributed by atoms with van der Waals surface area (Å²) >= 11 is 6.27. The molecule has 0 spiro atoms. The van der Waals surface area contributed by atoms with E-state index in [0.29, 0.717) is 23.6 Å². The van der Waals surface area contributed by atoms with Crippen LogP contribution in [-0.2, 0) is 21.3 Å². The number of carbonyl (C=O) groups excluding carboxylic acids is 1. The van der Waals surface area contributed by atoms with Crippen molar-refractivity contribution >= 4 is 27.5 Å². The molecule has 1 atom stereocenters. The van der Waals surface area contributed by atoms with Crippen LogP contribution in [0.15, 0.2) is 53.4 Å². The van der Waals surface area contributed by atoms with Crippen LogP contribution in [0.2, 0.25) is 5.02 Å². The normalized spacial score (nSPS) is 17.3. The maximum Gasteiger partial charge on any atom is 0.264 e. The third-order valence-electron chi connectivity index (χ3n) is 5.05. The summed E-state index contributed by atoms with van der Waals surface area (Å²) in [7, 11) is -1.14. The van der Waals surface area contributed by atoms with Crippen molar-refractivity contribution in [3.63, 3.8) is 0 Å². The van der Waals surface area contributed by atoms with Gasteiger partial charge < -0.3 is 4.90 Å². The third-order valence-corrected chi connectivity index (χ3v) is 7.11. The van der Waals surface area contributed by atoms with Crippen molar-refractivity contribution < 1.29 is 18.0 Å². The predicted octanol–water partition coefficient (Wildman–Crippen LogP) is 3.37. The molecule has 150 valence electrons. The molecule has 6 nitrogen and oxygen atoms in total. The molecule has 1 unspecified atom stereocenters. The van der Waals surface area contributed by atoms with Crippen LogP contribution in [0.4, 0.5) is 0 Å². The lowest BCUT2D eigenvalue weighted by molar-refractivity contribution is -0.0258. The lowest BCUT2D eigenvalue weighted by Crippen LogP contribution is -2.36. The Kier molecular flexibility index (Phi) is 6.40. The van der Waals surface area contributed by atoms with Crippen molar-refractivity contribution in [3.8, 4) is 0 Å². The topological polar surface area (TPSA) is 66.9 Å². The van der Waals surface area contributed by atoms with Crippen LogP contribution in [0.1, 0.15) is 28.8 Å². The molecule has 1 amide bonds. The number of rotatable bonds is 6. The van der Waals surface area contributed by atoms with Gasteiger partial charge in [-0.25, -0.2) is 8.42 Å². The molecule has 0 N–H and O–H groups in total. The van der Waals surface area contributed by atoms with Crippen LogP contribution in [0.5, 0.6) is 0 Å². The number of nitrogens with zero attached hydrogens (tertiary/aromatic N) is 2. The minimum absolute atomic E-state index is 0.0717. The van der Waals surface area contributed by atoms with Crippen molar-refractivity contribution in [2.24, 2.45) is 0 Å². The molecule has 1 aliphatic heterocycles. The number of hydrogen-bond donors (Lipinski definition) is 0. The van der Waals surface area contributed by atoms with E-state index in [1.807, 2.05) is 29.2 Å². The first kappa shape index (κ1) is 20.8. The van der Waals surface area contributed by atoms with Gasteiger partial charge in [0.25, 0.3) is 15.9 Å². The zero-order valence-electron chi connectivity index (χ0n) is 15.8. The number of halogens is 1. The number of benzene rings is 2. The van der Waals surface area contributed by atoms with Crippen molar-refractivity contribution in [1.82, 2.24) is 9.37 Å². The van der Waals surface area contributed by atoms with E-state index in [-0.39, 0.29) is 16.8 Å². The highest BCUT2D eigenvalue weighted by Crippen LogP contribution is 2.26. The summed E-state index contributed by atoms with van der Waals surface area (Å²) in [6.07, 6.45) is 2.56. The summed E-state index contributed by atoms with van der Waals surface area (Å²) < 4.78 is 25.3. The van der Waals surface area contributed by atoms with E-state index in [1.165, 1.54) is 26.3 Å². The summed E-state index contributed by atoms with van der Waals surface area (Å²) in [6.45, 7) is 0.681. The van der Waals surface area contributed by atoms with E-state index >= 15 is 0 Å². The largest absolute Gasteiger partial charge is 0.335 e. The quantitative estimate of drug-likeness (QED) is 0.669. The molecule has 2 aromatic rings. The average Bonchev–Trinajstić information content (AvgIpc) is 3.16. The van der Waals surface area contributed by atoms with E-state index in [2.05, 4.69) is 0 Å². The molecule has 8 heteroatoms. The maximum absolute atomic E-state index is 13.0. The number of amides is 1. The highest BCUT2D eigenvalue weighted by molar-refractivity contribution is 7.89. The van der Waals surface area contributed by atoms with E-state index < -0.39 is 10.0 Å². The van der Waals surface area contributed by atoms with Gasteiger partial charge >= 0.3 is 0 Å². The molecule has 1 fully saturated rings. The second-order valence-corrected chi connectivity index (χ2v) is 9.05. The van der Waals surface area contributed by atoms with Gasteiger partial charge in [0.15, 0.2) is 0 Å². The van der Waals surface area contributed by atoms with Crippen molar-refractivity contribution in [1.29, 1.82) is 0 Å². The van der Waals surface area contributed by atoms with Gasteiger partial charge in [-0.2, -0.15) is 0 Å². The van der Waals surface area contributed by atoms with E-state index in [4.69, 9.17) is 16.4 Å². The van der Waals surface area contributed by atoms with Gasteiger partial charge in [-0.1, -0.05) is 34.3 Å². The number of sulfonamides is 1. The molecule has 0 saturated carbocycles. The molecule has 1 aliphatic rings. The third kappa shape index (κ3) is 4.22. The van der Waals surface area contributed by atoms with Gasteiger partial charge in [0.05, 0.1) is 12.0 Å². The molecule has 1 heterocycles. The van der Waals surface area contributed by atoms with Crippen LogP contribution >= 0.6 is 11.6 Å². The molecule has 1 saturated heterocycles. The summed E-state index contributed by atoms with van der Waals surface area (Å²) in [5, 5.41) is 0.707. The Bertz CT molecular complexity index is 947. The minimum Gasteiger partial charge on any atom is -0.335 e. The Morgan fingerprint density at radius 2 is 1.89 bits per heavy atom. The average molecular weight is 423 g/mol. The van der Waals surface area contributed by atoms with Crippen molar-refractivity contribution in [2.75, 3.05) is 20.7 Å².